The zero-order valence-electron chi connectivity index (χ0n) is 19.0. The molecule has 0 spiro atoms. The molecule has 0 aromatic rings. The Kier molecular flexibility index (Phi) is 5.33. The molecule has 5 nitrogen and oxygen atoms in total. The maximum atomic E-state index is 13.0. The van der Waals surface area contributed by atoms with Gasteiger partial charge in [0.25, 0.3) is 11.8 Å². The van der Waals surface area contributed by atoms with Crippen LogP contribution in [0.1, 0.15) is 58.8 Å². The third kappa shape index (κ3) is 3.34. The van der Waals surface area contributed by atoms with Crippen LogP contribution in [-0.2, 0) is 9.59 Å². The Bertz CT molecular complexity index is 717. The fourth-order valence-electron chi connectivity index (χ4n) is 7.53. The second kappa shape index (κ2) is 7.40. The molecule has 5 heteroatoms. The lowest BCUT2D eigenvalue weighted by Crippen LogP contribution is -2.61. The van der Waals surface area contributed by atoms with E-state index >= 15 is 0 Å². The fraction of sp³-hybridized carbons (Fsp3) is 0.833. The Morgan fingerprint density at radius 2 is 1.93 bits per heavy atom. The molecular formula is C24H39N3O2. The number of likely N-dealkylation sites (N-methyl/N-ethyl adjacent to an activating group) is 2. The minimum atomic E-state index is -0.202. The number of carbonyl (C=O) groups excluding carboxylic acids is 2. The third-order valence-electron chi connectivity index (χ3n) is 9.07. The van der Waals surface area contributed by atoms with E-state index in [1.807, 2.05) is 30.9 Å². The van der Waals surface area contributed by atoms with Gasteiger partial charge in [0.1, 0.15) is 5.57 Å². The first-order valence-corrected chi connectivity index (χ1v) is 11.6. The molecule has 0 bridgehead atoms. The molecule has 0 saturated heterocycles. The molecule has 162 valence electrons. The Balaban J connectivity index is 1.62. The summed E-state index contributed by atoms with van der Waals surface area (Å²) in [7, 11) is 5.88. The summed E-state index contributed by atoms with van der Waals surface area (Å²) < 4.78 is 0. The first kappa shape index (κ1) is 20.9. The molecular weight excluding hydrogens is 362 g/mol. The van der Waals surface area contributed by atoms with Crippen LogP contribution in [0.15, 0.2) is 11.6 Å². The molecule has 4 rings (SSSR count). The quantitative estimate of drug-likeness (QED) is 0.737. The van der Waals surface area contributed by atoms with Crippen molar-refractivity contribution >= 4 is 11.8 Å². The van der Waals surface area contributed by atoms with Gasteiger partial charge in [0.15, 0.2) is 0 Å². The van der Waals surface area contributed by atoms with Crippen molar-refractivity contribution in [2.75, 3.05) is 34.2 Å². The smallest absolute Gasteiger partial charge is 0.259 e. The normalized spacial score (nSPS) is 41.5. The number of carbonyl (C=O) groups is 2. The number of fused-ring (bicyclic) bond motifs is 5. The van der Waals surface area contributed by atoms with Gasteiger partial charge >= 0.3 is 0 Å². The van der Waals surface area contributed by atoms with Crippen LogP contribution in [0.5, 0.6) is 0 Å². The monoisotopic (exact) mass is 401 g/mol. The summed E-state index contributed by atoms with van der Waals surface area (Å²) in [6, 6.07) is 0.223. The van der Waals surface area contributed by atoms with Gasteiger partial charge in [0.2, 0.25) is 0 Å². The van der Waals surface area contributed by atoms with Gasteiger partial charge in [0.05, 0.1) is 0 Å². The third-order valence-corrected chi connectivity index (χ3v) is 9.07. The van der Waals surface area contributed by atoms with Crippen LogP contribution < -0.4 is 5.32 Å². The van der Waals surface area contributed by atoms with Crippen LogP contribution in [0.2, 0.25) is 0 Å². The van der Waals surface area contributed by atoms with Crippen LogP contribution in [0.4, 0.5) is 0 Å². The fourth-order valence-corrected chi connectivity index (χ4v) is 7.53. The molecule has 1 heterocycles. The molecule has 0 aromatic heterocycles. The number of amides is 2. The van der Waals surface area contributed by atoms with Crippen molar-refractivity contribution < 1.29 is 9.59 Å². The first-order valence-electron chi connectivity index (χ1n) is 11.6. The summed E-state index contributed by atoms with van der Waals surface area (Å²) in [5, 5.41) is 2.97. The standard InChI is InChI=1S/C24H39N3O2/c1-23-11-6-7-18(23)16-8-9-20-24(2,19(16)10-12-23)15-17(22(29)27(20)5)21(28)25-13-14-26(3)4/h15-16,18-20H,6-14H2,1-5H3,(H,25,28)/t16-,18-,19+,20?,23-,24+/m0/s1. The maximum Gasteiger partial charge on any atom is 0.259 e. The Labute approximate surface area is 176 Å². The lowest BCUT2D eigenvalue weighted by molar-refractivity contribution is -0.141. The summed E-state index contributed by atoms with van der Waals surface area (Å²) in [6.07, 6.45) is 11.1. The average molecular weight is 402 g/mol. The minimum absolute atomic E-state index is 0.0935. The molecule has 0 radical (unpaired) electrons. The summed E-state index contributed by atoms with van der Waals surface area (Å²) in [5.74, 6) is 1.85. The highest BCUT2D eigenvalue weighted by molar-refractivity contribution is 6.19. The molecule has 6 atom stereocenters. The second-order valence-electron chi connectivity index (χ2n) is 11.0. The van der Waals surface area contributed by atoms with Crippen molar-refractivity contribution in [3.05, 3.63) is 11.6 Å². The van der Waals surface area contributed by atoms with E-state index in [1.54, 1.807) is 0 Å². The van der Waals surface area contributed by atoms with Crippen molar-refractivity contribution in [1.29, 1.82) is 0 Å². The predicted octanol–water partition coefficient (Wildman–Crippen LogP) is 3.06. The van der Waals surface area contributed by atoms with Gasteiger partial charge in [-0.2, -0.15) is 0 Å². The van der Waals surface area contributed by atoms with E-state index in [0.29, 0.717) is 23.5 Å². The van der Waals surface area contributed by atoms with E-state index in [4.69, 9.17) is 0 Å². The van der Waals surface area contributed by atoms with Crippen molar-refractivity contribution in [2.45, 2.75) is 64.8 Å². The Hall–Kier alpha value is -1.36. The summed E-state index contributed by atoms with van der Waals surface area (Å²) >= 11 is 0. The number of hydrogen-bond donors (Lipinski definition) is 1. The summed E-state index contributed by atoms with van der Waals surface area (Å²) in [4.78, 5) is 29.9. The maximum absolute atomic E-state index is 13.0. The molecule has 1 aliphatic heterocycles. The first-order chi connectivity index (χ1) is 13.7. The minimum Gasteiger partial charge on any atom is -0.351 e. The molecule has 29 heavy (non-hydrogen) atoms. The number of hydrogen-bond acceptors (Lipinski definition) is 3. The Morgan fingerprint density at radius 3 is 2.66 bits per heavy atom. The highest BCUT2D eigenvalue weighted by Gasteiger charge is 2.59. The Morgan fingerprint density at radius 1 is 1.17 bits per heavy atom. The van der Waals surface area contributed by atoms with E-state index in [2.05, 4.69) is 25.2 Å². The molecule has 2 amide bonds. The van der Waals surface area contributed by atoms with Crippen LogP contribution in [-0.4, -0.2) is 61.9 Å². The average Bonchev–Trinajstić information content (AvgIpc) is 3.06. The largest absolute Gasteiger partial charge is 0.351 e. The van der Waals surface area contributed by atoms with Gasteiger partial charge in [-0.1, -0.05) is 26.3 Å². The highest BCUT2D eigenvalue weighted by Crippen LogP contribution is 2.64. The number of rotatable bonds is 4. The van der Waals surface area contributed by atoms with Crippen LogP contribution in [0.25, 0.3) is 0 Å². The van der Waals surface area contributed by atoms with Crippen LogP contribution in [0.3, 0.4) is 0 Å². The van der Waals surface area contributed by atoms with E-state index in [9.17, 15) is 9.59 Å². The van der Waals surface area contributed by atoms with Crippen molar-refractivity contribution in [1.82, 2.24) is 15.1 Å². The van der Waals surface area contributed by atoms with Gasteiger partial charge < -0.3 is 15.1 Å². The molecule has 4 aliphatic rings. The molecule has 1 N–H and O–H groups in total. The van der Waals surface area contributed by atoms with Crippen molar-refractivity contribution in [2.24, 2.45) is 28.6 Å². The van der Waals surface area contributed by atoms with Crippen molar-refractivity contribution in [3.63, 3.8) is 0 Å². The van der Waals surface area contributed by atoms with Gasteiger partial charge in [-0.25, -0.2) is 0 Å². The van der Waals surface area contributed by atoms with Gasteiger partial charge in [-0.15, -0.1) is 0 Å². The number of nitrogens with zero attached hydrogens (tertiary/aromatic N) is 2. The molecule has 3 aliphatic carbocycles. The van der Waals surface area contributed by atoms with Crippen molar-refractivity contribution in [3.8, 4) is 0 Å². The van der Waals surface area contributed by atoms with Crippen LogP contribution >= 0.6 is 0 Å². The van der Waals surface area contributed by atoms with Gasteiger partial charge in [-0.05, 0) is 75.8 Å². The van der Waals surface area contributed by atoms with Gasteiger partial charge in [-0.3, -0.25) is 9.59 Å². The summed E-state index contributed by atoms with van der Waals surface area (Å²) in [5.41, 5.74) is 0.797. The molecule has 1 unspecified atom stereocenters. The highest BCUT2D eigenvalue weighted by atomic mass is 16.2. The lowest BCUT2D eigenvalue weighted by atomic mass is 9.48. The van der Waals surface area contributed by atoms with Crippen LogP contribution in [0, 0.1) is 28.6 Å². The number of nitrogens with one attached hydrogen (secondary N) is 1. The van der Waals surface area contributed by atoms with E-state index in [-0.39, 0.29) is 23.3 Å². The van der Waals surface area contributed by atoms with E-state index < -0.39 is 0 Å². The zero-order chi connectivity index (χ0) is 21.0. The van der Waals surface area contributed by atoms with E-state index in [0.717, 1.165) is 24.8 Å². The zero-order valence-corrected chi connectivity index (χ0v) is 19.0. The predicted molar refractivity (Wildman–Crippen MR) is 115 cm³/mol. The second-order valence-corrected chi connectivity index (χ2v) is 11.0. The summed E-state index contributed by atoms with van der Waals surface area (Å²) in [6.45, 7) is 6.19. The topological polar surface area (TPSA) is 52.7 Å². The molecule has 3 saturated carbocycles. The molecule has 3 fully saturated rings. The lowest BCUT2D eigenvalue weighted by Gasteiger charge is -2.60. The van der Waals surface area contributed by atoms with E-state index in [1.165, 1.54) is 38.5 Å². The van der Waals surface area contributed by atoms with Gasteiger partial charge in [0, 0.05) is 31.6 Å². The molecule has 0 aromatic carbocycles. The SMILES string of the molecule is CN(C)CCNC(=O)C1=C[C@@]2(C)C(CC[C@@H]3[C@H]2CC[C@]2(C)CCC[C@@H]32)N(C)C1=O.